The van der Waals surface area contributed by atoms with Crippen LogP contribution in [-0.2, 0) is 6.42 Å². The summed E-state index contributed by atoms with van der Waals surface area (Å²) in [5, 5.41) is 15.0. The largest absolute Gasteiger partial charge is 0.314 e. The van der Waals surface area contributed by atoms with Crippen molar-refractivity contribution in [1.82, 2.24) is 15.5 Å². The molecule has 1 N–H and O–H groups in total. The molecule has 0 amide bonds. The Morgan fingerprint density at radius 2 is 2.20 bits per heavy atom. The Kier molecular flexibility index (Phi) is 4.34. The molecule has 3 nitrogen and oxygen atoms in total. The highest BCUT2D eigenvalue weighted by atomic mass is 35.5. The maximum atomic E-state index is 5.99. The molecule has 1 aromatic heterocycles. The second kappa shape index (κ2) is 6.20. The molecule has 20 heavy (non-hydrogen) atoms. The Morgan fingerprint density at radius 1 is 1.35 bits per heavy atom. The van der Waals surface area contributed by atoms with Gasteiger partial charge in [0.25, 0.3) is 0 Å². The van der Waals surface area contributed by atoms with Crippen molar-refractivity contribution in [2.45, 2.75) is 38.6 Å². The quantitative estimate of drug-likeness (QED) is 0.824. The Balaban J connectivity index is 1.60. The summed E-state index contributed by atoms with van der Waals surface area (Å²) < 4.78 is 0. The molecule has 1 aliphatic rings. The molecular formula is C15H18ClN3S. The Morgan fingerprint density at radius 3 is 2.95 bits per heavy atom. The summed E-state index contributed by atoms with van der Waals surface area (Å²) in [4.78, 5) is 0. The lowest BCUT2D eigenvalue weighted by atomic mass is 10.1. The zero-order valence-electron chi connectivity index (χ0n) is 11.5. The highest BCUT2D eigenvalue weighted by Gasteiger charge is 2.19. The first-order valence-electron chi connectivity index (χ1n) is 7.04. The van der Waals surface area contributed by atoms with Gasteiger partial charge in [-0.15, -0.1) is 10.2 Å². The monoisotopic (exact) mass is 307 g/mol. The number of halogens is 1. The van der Waals surface area contributed by atoms with E-state index < -0.39 is 0 Å². The molecule has 1 aliphatic carbocycles. The number of aryl methyl sites for hydroxylation is 2. The summed E-state index contributed by atoms with van der Waals surface area (Å²) >= 11 is 7.67. The first-order chi connectivity index (χ1) is 9.72. The van der Waals surface area contributed by atoms with Crippen LogP contribution >= 0.6 is 22.9 Å². The number of hydrogen-bond donors (Lipinski definition) is 1. The van der Waals surface area contributed by atoms with Gasteiger partial charge in [0.15, 0.2) is 0 Å². The molecule has 1 heterocycles. The van der Waals surface area contributed by atoms with Gasteiger partial charge < -0.3 is 5.32 Å². The van der Waals surface area contributed by atoms with Crippen LogP contribution in [0.4, 0.5) is 0 Å². The second-order valence-corrected chi connectivity index (χ2v) is 6.79. The number of benzene rings is 1. The number of nitrogens with zero attached hydrogens (tertiary/aromatic N) is 2. The smallest absolute Gasteiger partial charge is 0.148 e. The van der Waals surface area contributed by atoms with Crippen molar-refractivity contribution in [3.8, 4) is 10.6 Å². The molecule has 0 atom stereocenters. The minimum atomic E-state index is 0.766. The minimum absolute atomic E-state index is 0.766. The zero-order valence-corrected chi connectivity index (χ0v) is 13.1. The van der Waals surface area contributed by atoms with Crippen LogP contribution in [0.2, 0.25) is 5.02 Å². The molecular weight excluding hydrogens is 290 g/mol. The summed E-state index contributed by atoms with van der Waals surface area (Å²) in [5.41, 5.74) is 2.28. The van der Waals surface area contributed by atoms with Gasteiger partial charge in [-0.3, -0.25) is 0 Å². The van der Waals surface area contributed by atoms with E-state index in [4.69, 9.17) is 11.6 Å². The van der Waals surface area contributed by atoms with E-state index >= 15 is 0 Å². The maximum Gasteiger partial charge on any atom is 0.148 e. The van der Waals surface area contributed by atoms with Gasteiger partial charge in [0, 0.05) is 23.0 Å². The molecule has 1 fully saturated rings. The van der Waals surface area contributed by atoms with E-state index in [0.717, 1.165) is 51.6 Å². The molecule has 0 bridgehead atoms. The Bertz CT molecular complexity index is 593. The van der Waals surface area contributed by atoms with Crippen LogP contribution in [0, 0.1) is 6.92 Å². The van der Waals surface area contributed by atoms with Crippen LogP contribution in [0.1, 0.15) is 29.8 Å². The van der Waals surface area contributed by atoms with E-state index in [2.05, 4.69) is 22.4 Å². The van der Waals surface area contributed by atoms with E-state index in [1.54, 1.807) is 11.3 Å². The normalized spacial score (nSPS) is 14.7. The summed E-state index contributed by atoms with van der Waals surface area (Å²) in [7, 11) is 0. The van der Waals surface area contributed by atoms with E-state index in [1.165, 1.54) is 12.8 Å². The Labute approximate surface area is 128 Å². The molecule has 0 aliphatic heterocycles. The number of rotatable bonds is 6. The molecule has 2 aromatic rings. The van der Waals surface area contributed by atoms with Crippen LogP contribution in [0.3, 0.4) is 0 Å². The average Bonchev–Trinajstić information content (AvgIpc) is 3.13. The molecule has 5 heteroatoms. The van der Waals surface area contributed by atoms with Gasteiger partial charge in [-0.05, 0) is 50.4 Å². The predicted octanol–water partition coefficient (Wildman–Crippen LogP) is 3.85. The second-order valence-electron chi connectivity index (χ2n) is 5.29. The summed E-state index contributed by atoms with van der Waals surface area (Å²) in [6.45, 7) is 3.14. The Hall–Kier alpha value is -0.970. The third-order valence-corrected chi connectivity index (χ3v) is 4.71. The van der Waals surface area contributed by atoms with Gasteiger partial charge >= 0.3 is 0 Å². The third kappa shape index (κ3) is 3.57. The molecule has 106 valence electrons. The van der Waals surface area contributed by atoms with Crippen LogP contribution < -0.4 is 5.32 Å². The minimum Gasteiger partial charge on any atom is -0.314 e. The van der Waals surface area contributed by atoms with Crippen LogP contribution in [-0.4, -0.2) is 22.8 Å². The molecule has 1 saturated carbocycles. The van der Waals surface area contributed by atoms with Crippen LogP contribution in [0.15, 0.2) is 18.2 Å². The summed E-state index contributed by atoms with van der Waals surface area (Å²) in [5.74, 6) is 0. The van der Waals surface area contributed by atoms with Gasteiger partial charge in [-0.2, -0.15) is 0 Å². The van der Waals surface area contributed by atoms with Gasteiger partial charge in [-0.1, -0.05) is 29.0 Å². The fraction of sp³-hybridized carbons (Fsp3) is 0.467. The summed E-state index contributed by atoms with van der Waals surface area (Å²) in [6.07, 6.45) is 4.83. The SMILES string of the molecule is Cc1cc(Cl)ccc1-c1nnc(CCCNC2CC2)s1. The third-order valence-electron chi connectivity index (χ3n) is 3.46. The lowest BCUT2D eigenvalue weighted by Crippen LogP contribution is -2.17. The number of hydrogen-bond acceptors (Lipinski definition) is 4. The van der Waals surface area contributed by atoms with Crippen molar-refractivity contribution >= 4 is 22.9 Å². The van der Waals surface area contributed by atoms with Crippen molar-refractivity contribution in [3.05, 3.63) is 33.8 Å². The zero-order chi connectivity index (χ0) is 13.9. The lowest BCUT2D eigenvalue weighted by Gasteiger charge is -2.01. The molecule has 0 spiro atoms. The fourth-order valence-corrected chi connectivity index (χ4v) is 3.36. The molecule has 1 aromatic carbocycles. The molecule has 0 saturated heterocycles. The number of aromatic nitrogens is 2. The van der Waals surface area contributed by atoms with Gasteiger partial charge in [0.05, 0.1) is 0 Å². The van der Waals surface area contributed by atoms with E-state index in [-0.39, 0.29) is 0 Å². The lowest BCUT2D eigenvalue weighted by molar-refractivity contribution is 0.643. The fourth-order valence-electron chi connectivity index (χ4n) is 2.16. The molecule has 0 radical (unpaired) electrons. The highest BCUT2D eigenvalue weighted by Crippen LogP contribution is 2.28. The highest BCUT2D eigenvalue weighted by molar-refractivity contribution is 7.14. The van der Waals surface area contributed by atoms with Crippen molar-refractivity contribution in [1.29, 1.82) is 0 Å². The van der Waals surface area contributed by atoms with Gasteiger partial charge in [0.1, 0.15) is 10.0 Å². The van der Waals surface area contributed by atoms with Crippen molar-refractivity contribution in [2.24, 2.45) is 0 Å². The van der Waals surface area contributed by atoms with Crippen molar-refractivity contribution < 1.29 is 0 Å². The van der Waals surface area contributed by atoms with E-state index in [1.807, 2.05) is 18.2 Å². The standard InChI is InChI=1S/C15H18ClN3S/c1-10-9-11(16)4-7-13(10)15-19-18-14(20-15)3-2-8-17-12-5-6-12/h4,7,9,12,17H,2-3,5-6,8H2,1H3. The van der Waals surface area contributed by atoms with Gasteiger partial charge in [-0.25, -0.2) is 0 Å². The summed E-state index contributed by atoms with van der Waals surface area (Å²) in [6, 6.07) is 6.69. The first kappa shape index (κ1) is 14.0. The topological polar surface area (TPSA) is 37.8 Å². The maximum absolute atomic E-state index is 5.99. The van der Waals surface area contributed by atoms with Crippen molar-refractivity contribution in [2.75, 3.05) is 6.54 Å². The van der Waals surface area contributed by atoms with E-state index in [9.17, 15) is 0 Å². The first-order valence-corrected chi connectivity index (χ1v) is 8.24. The van der Waals surface area contributed by atoms with Gasteiger partial charge in [0.2, 0.25) is 0 Å². The molecule has 0 unspecified atom stereocenters. The molecule has 3 rings (SSSR count). The van der Waals surface area contributed by atoms with Crippen LogP contribution in [0.5, 0.6) is 0 Å². The average molecular weight is 308 g/mol. The van der Waals surface area contributed by atoms with E-state index in [0.29, 0.717) is 0 Å². The number of nitrogens with one attached hydrogen (secondary N) is 1. The van der Waals surface area contributed by atoms with Crippen LogP contribution in [0.25, 0.3) is 10.6 Å². The van der Waals surface area contributed by atoms with Crippen molar-refractivity contribution in [3.63, 3.8) is 0 Å². The predicted molar refractivity (Wildman–Crippen MR) is 84.4 cm³/mol.